The van der Waals surface area contributed by atoms with Gasteiger partial charge in [-0.25, -0.2) is 0 Å². The molecule has 0 aromatic rings. The molecule has 1 unspecified atom stereocenters. The summed E-state index contributed by atoms with van der Waals surface area (Å²) in [6.07, 6.45) is -4.85. The van der Waals surface area contributed by atoms with E-state index < -0.39 is 37.3 Å². The van der Waals surface area contributed by atoms with Crippen LogP contribution in [0.5, 0.6) is 0 Å². The zero-order valence-corrected chi connectivity index (χ0v) is 9.82. The Balaban J connectivity index is 0. The van der Waals surface area contributed by atoms with Gasteiger partial charge in [0.25, 0.3) is 0 Å². The zero-order chi connectivity index (χ0) is 9.30. The van der Waals surface area contributed by atoms with Gasteiger partial charge in [0.15, 0.2) is 6.29 Å². The number of hydrogen-bond acceptors (Lipinski definition) is 7. The Morgan fingerprint density at radius 2 is 1.64 bits per heavy atom. The summed E-state index contributed by atoms with van der Waals surface area (Å²) in [5, 5.41) is 36.1. The summed E-state index contributed by atoms with van der Waals surface area (Å²) in [6.45, 7) is -0.470. The number of aliphatic hydroxyl groups is 4. The van der Waals surface area contributed by atoms with Gasteiger partial charge in [-0.1, -0.05) is 0 Å². The monoisotopic (exact) mass is 219 g/mol. The van der Waals surface area contributed by atoms with E-state index >= 15 is 0 Å². The molecular weight excluding hydrogens is 205 g/mol. The number of nitrogens with two attached hydrogens (primary N) is 1. The van der Waals surface area contributed by atoms with Gasteiger partial charge in [-0.05, 0) is 0 Å². The van der Waals surface area contributed by atoms with Crippen molar-refractivity contribution in [2.75, 3.05) is 6.61 Å². The maximum Gasteiger partial charge on any atom is 1.00 e. The summed E-state index contributed by atoms with van der Waals surface area (Å²) >= 11 is 0. The molecular formula is C6H14NNaO6. The van der Waals surface area contributed by atoms with E-state index in [1.54, 1.807) is 0 Å². The smallest absolute Gasteiger partial charge is 0.870 e. The molecule has 0 aromatic carbocycles. The molecule has 0 radical (unpaired) electrons. The fourth-order valence-electron chi connectivity index (χ4n) is 1.12. The third kappa shape index (κ3) is 3.38. The molecule has 0 aliphatic carbocycles. The first-order chi connectivity index (χ1) is 5.57. The van der Waals surface area contributed by atoms with E-state index in [4.69, 9.17) is 20.7 Å². The van der Waals surface area contributed by atoms with E-state index in [1.165, 1.54) is 0 Å². The van der Waals surface area contributed by atoms with Crippen molar-refractivity contribution in [3.8, 4) is 0 Å². The minimum absolute atomic E-state index is 0. The van der Waals surface area contributed by atoms with Gasteiger partial charge in [-0.15, -0.1) is 0 Å². The second kappa shape index (κ2) is 7.07. The Hall–Kier alpha value is 0.720. The predicted octanol–water partition coefficient (Wildman–Crippen LogP) is -6.43. The molecule has 1 aliphatic rings. The Morgan fingerprint density at radius 3 is 2.07 bits per heavy atom. The van der Waals surface area contributed by atoms with Crippen LogP contribution in [0.2, 0.25) is 0 Å². The van der Waals surface area contributed by atoms with Crippen LogP contribution in [-0.4, -0.2) is 63.2 Å². The van der Waals surface area contributed by atoms with Gasteiger partial charge in [0.1, 0.15) is 18.3 Å². The Labute approximate surface area is 103 Å². The molecule has 0 bridgehead atoms. The normalized spacial score (nSPS) is 42.2. The first kappa shape index (κ1) is 17.1. The molecule has 1 aliphatic heterocycles. The van der Waals surface area contributed by atoms with E-state index in [-0.39, 0.29) is 35.0 Å². The number of ether oxygens (including phenoxy) is 1. The second-order valence-corrected chi connectivity index (χ2v) is 2.81. The summed E-state index contributed by atoms with van der Waals surface area (Å²) < 4.78 is 4.70. The van der Waals surface area contributed by atoms with Gasteiger partial charge in [-0.3, -0.25) is 0 Å². The first-order valence-corrected chi connectivity index (χ1v) is 3.64. The Bertz CT molecular complexity index is 157. The van der Waals surface area contributed by atoms with Crippen LogP contribution >= 0.6 is 0 Å². The van der Waals surface area contributed by atoms with Crippen molar-refractivity contribution < 1.29 is 60.2 Å². The van der Waals surface area contributed by atoms with Gasteiger partial charge in [0.2, 0.25) is 0 Å². The Kier molecular flexibility index (Phi) is 8.65. The fraction of sp³-hybridized carbons (Fsp3) is 1.00. The van der Waals surface area contributed by atoms with Crippen molar-refractivity contribution in [1.29, 1.82) is 0 Å². The third-order valence-corrected chi connectivity index (χ3v) is 1.95. The molecule has 1 rings (SSSR count). The van der Waals surface area contributed by atoms with E-state index in [0.29, 0.717) is 0 Å². The second-order valence-electron chi connectivity index (χ2n) is 2.81. The molecule has 1 fully saturated rings. The topological polar surface area (TPSA) is 146 Å². The van der Waals surface area contributed by atoms with Gasteiger partial charge in [-0.2, -0.15) is 0 Å². The molecule has 8 heteroatoms. The SMILES string of the molecule is N[C@H]1C(O)O[C@H](CO)[C@@H](O)[C@@H]1O.[Na+].[OH-]. The van der Waals surface area contributed by atoms with Crippen molar-refractivity contribution >= 4 is 0 Å². The van der Waals surface area contributed by atoms with Crippen molar-refractivity contribution in [2.45, 2.75) is 30.6 Å². The van der Waals surface area contributed by atoms with Crippen LogP contribution in [0.3, 0.4) is 0 Å². The molecule has 0 aromatic heterocycles. The van der Waals surface area contributed by atoms with E-state index in [1.807, 2.05) is 0 Å². The van der Waals surface area contributed by atoms with Crippen LogP contribution in [-0.2, 0) is 4.74 Å². The summed E-state index contributed by atoms with van der Waals surface area (Å²) in [5.41, 5.74) is 5.26. The first-order valence-electron chi connectivity index (χ1n) is 3.64. The number of hydrogen-bond donors (Lipinski definition) is 5. The summed E-state index contributed by atoms with van der Waals surface area (Å²) in [7, 11) is 0. The molecule has 14 heavy (non-hydrogen) atoms. The number of rotatable bonds is 1. The van der Waals surface area contributed by atoms with Crippen LogP contribution in [0, 0.1) is 0 Å². The molecule has 1 heterocycles. The van der Waals surface area contributed by atoms with Gasteiger partial charge < -0.3 is 36.4 Å². The summed E-state index contributed by atoms with van der Waals surface area (Å²) in [6, 6.07) is -1.04. The van der Waals surface area contributed by atoms with Crippen LogP contribution in [0.4, 0.5) is 0 Å². The standard InChI is InChI=1S/C6H13NO5.Na.H2O/c7-3-5(10)4(9)2(1-8)12-6(3)11;;/h2-6,8-11H,1,7H2;;1H2/q;+1;/p-1/t2-,3-,4-,5-,6?;;/m1../s1. The number of aliphatic hydroxyl groups excluding tert-OH is 4. The molecule has 80 valence electrons. The zero-order valence-electron chi connectivity index (χ0n) is 7.82. The molecule has 0 amide bonds. The van der Waals surface area contributed by atoms with E-state index in [2.05, 4.69) is 0 Å². The minimum Gasteiger partial charge on any atom is -0.870 e. The van der Waals surface area contributed by atoms with Crippen molar-refractivity contribution in [3.63, 3.8) is 0 Å². The average molecular weight is 219 g/mol. The van der Waals surface area contributed by atoms with Gasteiger partial charge >= 0.3 is 29.6 Å². The quantitative estimate of drug-likeness (QED) is 0.275. The maximum absolute atomic E-state index is 9.20. The summed E-state index contributed by atoms with van der Waals surface area (Å²) in [4.78, 5) is 0. The van der Waals surface area contributed by atoms with Gasteiger partial charge in [0, 0.05) is 0 Å². The van der Waals surface area contributed by atoms with Crippen LogP contribution in [0.1, 0.15) is 0 Å². The molecule has 7 N–H and O–H groups in total. The summed E-state index contributed by atoms with van der Waals surface area (Å²) in [5.74, 6) is 0. The van der Waals surface area contributed by atoms with E-state index in [9.17, 15) is 10.2 Å². The molecule has 7 nitrogen and oxygen atoms in total. The minimum atomic E-state index is -1.35. The fourth-order valence-corrected chi connectivity index (χ4v) is 1.12. The molecule has 0 saturated carbocycles. The van der Waals surface area contributed by atoms with Crippen molar-refractivity contribution in [3.05, 3.63) is 0 Å². The Morgan fingerprint density at radius 1 is 1.14 bits per heavy atom. The van der Waals surface area contributed by atoms with E-state index in [0.717, 1.165) is 0 Å². The van der Waals surface area contributed by atoms with Crippen LogP contribution in [0.15, 0.2) is 0 Å². The average Bonchev–Trinajstić information content (AvgIpc) is 2.08. The van der Waals surface area contributed by atoms with Crippen LogP contribution < -0.4 is 35.3 Å². The molecule has 0 spiro atoms. The largest absolute Gasteiger partial charge is 1.00 e. The van der Waals surface area contributed by atoms with Crippen molar-refractivity contribution in [1.82, 2.24) is 0 Å². The van der Waals surface area contributed by atoms with Crippen LogP contribution in [0.25, 0.3) is 0 Å². The third-order valence-electron chi connectivity index (χ3n) is 1.95. The van der Waals surface area contributed by atoms with Gasteiger partial charge in [0.05, 0.1) is 12.6 Å². The molecule has 5 atom stereocenters. The predicted molar refractivity (Wildman–Crippen MR) is 39.9 cm³/mol. The van der Waals surface area contributed by atoms with Crippen molar-refractivity contribution in [2.24, 2.45) is 5.73 Å². The molecule has 1 saturated heterocycles. The maximum atomic E-state index is 9.20.